The van der Waals surface area contributed by atoms with E-state index in [0.29, 0.717) is 40.9 Å². The van der Waals surface area contributed by atoms with Crippen LogP contribution in [0.25, 0.3) is 0 Å². The Morgan fingerprint density at radius 2 is 1.79 bits per heavy atom. The first kappa shape index (κ1) is 20.7. The molecule has 1 fully saturated rings. The Labute approximate surface area is 171 Å². The average Bonchev–Trinajstić information content (AvgIpc) is 2.69. The van der Waals surface area contributed by atoms with Crippen LogP contribution in [0.3, 0.4) is 0 Å². The van der Waals surface area contributed by atoms with Crippen molar-refractivity contribution in [2.45, 2.75) is 37.6 Å². The SMILES string of the molecule is Cc1ccc(NC(=S)NCc2ccc(F)cc2)cc1S(=O)(=O)N1CCCCC1. The monoisotopic (exact) mass is 421 g/mol. The van der Waals surface area contributed by atoms with Crippen molar-refractivity contribution in [3.05, 3.63) is 59.4 Å². The highest BCUT2D eigenvalue weighted by Gasteiger charge is 2.27. The van der Waals surface area contributed by atoms with Gasteiger partial charge >= 0.3 is 0 Å². The average molecular weight is 422 g/mol. The number of hydrogen-bond donors (Lipinski definition) is 2. The van der Waals surface area contributed by atoms with Gasteiger partial charge in [-0.25, -0.2) is 12.8 Å². The highest BCUT2D eigenvalue weighted by molar-refractivity contribution is 7.89. The molecule has 28 heavy (non-hydrogen) atoms. The number of piperidine rings is 1. The molecule has 1 saturated heterocycles. The maximum Gasteiger partial charge on any atom is 0.243 e. The zero-order valence-corrected chi connectivity index (χ0v) is 17.4. The molecule has 5 nitrogen and oxygen atoms in total. The molecule has 8 heteroatoms. The molecule has 0 radical (unpaired) electrons. The number of benzene rings is 2. The van der Waals surface area contributed by atoms with Crippen molar-refractivity contribution in [1.82, 2.24) is 9.62 Å². The quantitative estimate of drug-likeness (QED) is 0.719. The first-order chi connectivity index (χ1) is 13.4. The molecule has 1 heterocycles. The molecule has 0 saturated carbocycles. The smallest absolute Gasteiger partial charge is 0.243 e. The van der Waals surface area contributed by atoms with Crippen LogP contribution in [0, 0.1) is 12.7 Å². The lowest BCUT2D eigenvalue weighted by molar-refractivity contribution is 0.346. The molecule has 0 unspecified atom stereocenters. The first-order valence-corrected chi connectivity index (χ1v) is 11.1. The Balaban J connectivity index is 1.68. The summed E-state index contributed by atoms with van der Waals surface area (Å²) in [5, 5.41) is 6.44. The fourth-order valence-electron chi connectivity index (χ4n) is 3.16. The minimum Gasteiger partial charge on any atom is -0.358 e. The molecular weight excluding hydrogens is 397 g/mol. The van der Waals surface area contributed by atoms with Gasteiger partial charge in [-0.3, -0.25) is 0 Å². The summed E-state index contributed by atoms with van der Waals surface area (Å²) >= 11 is 5.30. The largest absolute Gasteiger partial charge is 0.358 e. The highest BCUT2D eigenvalue weighted by atomic mass is 32.2. The van der Waals surface area contributed by atoms with E-state index in [0.717, 1.165) is 24.8 Å². The molecule has 3 rings (SSSR count). The summed E-state index contributed by atoms with van der Waals surface area (Å²) < 4.78 is 40.5. The van der Waals surface area contributed by atoms with Gasteiger partial charge in [-0.05, 0) is 67.4 Å². The minimum absolute atomic E-state index is 0.286. The molecule has 0 aromatic heterocycles. The Hall–Kier alpha value is -2.03. The second kappa shape index (κ2) is 8.98. The number of nitrogens with zero attached hydrogens (tertiary/aromatic N) is 1. The zero-order valence-electron chi connectivity index (χ0n) is 15.7. The predicted molar refractivity (Wildman–Crippen MR) is 113 cm³/mol. The third-order valence-electron chi connectivity index (χ3n) is 4.75. The van der Waals surface area contributed by atoms with Gasteiger partial charge in [0.15, 0.2) is 5.11 Å². The number of thiocarbonyl (C=S) groups is 1. The van der Waals surface area contributed by atoms with Gasteiger partial charge in [0, 0.05) is 25.3 Å². The Kier molecular flexibility index (Phi) is 6.64. The molecule has 2 aromatic rings. The molecular formula is C20H24FN3O2S2. The lowest BCUT2D eigenvalue weighted by Gasteiger charge is -2.26. The third kappa shape index (κ3) is 5.06. The van der Waals surface area contributed by atoms with Crippen molar-refractivity contribution in [2.24, 2.45) is 0 Å². The molecule has 0 amide bonds. The number of sulfonamides is 1. The van der Waals surface area contributed by atoms with Crippen LogP contribution in [-0.2, 0) is 16.6 Å². The van der Waals surface area contributed by atoms with Crippen molar-refractivity contribution in [3.63, 3.8) is 0 Å². The Bertz CT molecular complexity index is 940. The van der Waals surface area contributed by atoms with Crippen LogP contribution in [0.5, 0.6) is 0 Å². The highest BCUT2D eigenvalue weighted by Crippen LogP contribution is 2.26. The molecule has 1 aliphatic heterocycles. The number of halogens is 1. The summed E-state index contributed by atoms with van der Waals surface area (Å²) in [6.07, 6.45) is 2.86. The van der Waals surface area contributed by atoms with E-state index in [1.807, 2.05) is 0 Å². The van der Waals surface area contributed by atoms with Crippen LogP contribution in [0.4, 0.5) is 10.1 Å². The lowest BCUT2D eigenvalue weighted by Crippen LogP contribution is -2.36. The van der Waals surface area contributed by atoms with Gasteiger partial charge in [0.1, 0.15) is 5.82 Å². The fourth-order valence-corrected chi connectivity index (χ4v) is 5.12. The van der Waals surface area contributed by atoms with Crippen LogP contribution < -0.4 is 10.6 Å². The van der Waals surface area contributed by atoms with Crippen molar-refractivity contribution in [1.29, 1.82) is 0 Å². The van der Waals surface area contributed by atoms with Crippen LogP contribution in [0.15, 0.2) is 47.4 Å². The number of hydrogen-bond acceptors (Lipinski definition) is 3. The van der Waals surface area contributed by atoms with Gasteiger partial charge in [0.2, 0.25) is 10.0 Å². The summed E-state index contributed by atoms with van der Waals surface area (Å²) in [7, 11) is -3.52. The van der Waals surface area contributed by atoms with Crippen molar-refractivity contribution in [2.75, 3.05) is 18.4 Å². The molecule has 0 spiro atoms. The third-order valence-corrected chi connectivity index (χ3v) is 7.03. The van der Waals surface area contributed by atoms with Crippen LogP contribution in [0.2, 0.25) is 0 Å². The standard InChI is InChI=1S/C20H24FN3O2S2/c1-15-5-10-18(13-19(15)28(25,26)24-11-3-2-4-12-24)23-20(27)22-14-16-6-8-17(21)9-7-16/h5-10,13H,2-4,11-12,14H2,1H3,(H2,22,23,27). The number of nitrogens with one attached hydrogen (secondary N) is 2. The summed E-state index contributed by atoms with van der Waals surface area (Å²) in [6, 6.07) is 11.4. The van der Waals surface area contributed by atoms with E-state index >= 15 is 0 Å². The molecule has 150 valence electrons. The Morgan fingerprint density at radius 1 is 1.11 bits per heavy atom. The summed E-state index contributed by atoms with van der Waals surface area (Å²) in [5.74, 6) is -0.286. The van der Waals surface area contributed by atoms with Crippen LogP contribution in [-0.4, -0.2) is 30.9 Å². The normalized spacial score (nSPS) is 15.2. The maximum absolute atomic E-state index is 13.0. The molecule has 2 N–H and O–H groups in total. The van der Waals surface area contributed by atoms with Gasteiger partial charge < -0.3 is 10.6 Å². The topological polar surface area (TPSA) is 61.4 Å². The molecule has 2 aromatic carbocycles. The van der Waals surface area contributed by atoms with Gasteiger partial charge in [-0.2, -0.15) is 4.31 Å². The fraction of sp³-hybridized carbons (Fsp3) is 0.350. The number of anilines is 1. The predicted octanol–water partition coefficient (Wildman–Crippen LogP) is 3.80. The van der Waals surface area contributed by atoms with E-state index < -0.39 is 10.0 Å². The summed E-state index contributed by atoms with van der Waals surface area (Å²) in [4.78, 5) is 0.306. The molecule has 0 atom stereocenters. The van der Waals surface area contributed by atoms with E-state index in [1.165, 1.54) is 12.1 Å². The lowest BCUT2D eigenvalue weighted by atomic mass is 10.2. The second-order valence-corrected chi connectivity index (χ2v) is 9.19. The van der Waals surface area contributed by atoms with Gasteiger partial charge in [-0.1, -0.05) is 24.6 Å². The summed E-state index contributed by atoms with van der Waals surface area (Å²) in [5.41, 5.74) is 2.21. The number of rotatable bonds is 5. The maximum atomic E-state index is 13.0. The van der Waals surface area contributed by atoms with E-state index in [4.69, 9.17) is 12.2 Å². The van der Waals surface area contributed by atoms with Crippen LogP contribution >= 0.6 is 12.2 Å². The van der Waals surface area contributed by atoms with Gasteiger partial charge in [0.05, 0.1) is 4.90 Å². The first-order valence-electron chi connectivity index (χ1n) is 9.26. The molecule has 0 bridgehead atoms. The van der Waals surface area contributed by atoms with E-state index in [9.17, 15) is 12.8 Å². The second-order valence-electron chi connectivity index (χ2n) is 6.88. The van der Waals surface area contributed by atoms with Crippen molar-refractivity contribution in [3.8, 4) is 0 Å². The minimum atomic E-state index is -3.52. The molecule has 1 aliphatic rings. The van der Waals surface area contributed by atoms with Crippen LogP contribution in [0.1, 0.15) is 30.4 Å². The van der Waals surface area contributed by atoms with E-state index in [1.54, 1.807) is 41.6 Å². The van der Waals surface area contributed by atoms with E-state index in [2.05, 4.69) is 10.6 Å². The van der Waals surface area contributed by atoms with Gasteiger partial charge in [0.25, 0.3) is 0 Å². The van der Waals surface area contributed by atoms with Gasteiger partial charge in [-0.15, -0.1) is 0 Å². The van der Waals surface area contributed by atoms with Crippen molar-refractivity contribution < 1.29 is 12.8 Å². The van der Waals surface area contributed by atoms with E-state index in [-0.39, 0.29) is 5.82 Å². The molecule has 0 aliphatic carbocycles. The van der Waals surface area contributed by atoms with Crippen molar-refractivity contribution >= 4 is 33.0 Å². The zero-order chi connectivity index (χ0) is 20.1. The summed E-state index contributed by atoms with van der Waals surface area (Å²) in [6.45, 7) is 3.37. The number of aryl methyl sites for hydroxylation is 1. The Morgan fingerprint density at radius 3 is 2.46 bits per heavy atom.